The van der Waals surface area contributed by atoms with E-state index in [0.29, 0.717) is 4.47 Å². The summed E-state index contributed by atoms with van der Waals surface area (Å²) in [4.78, 5) is 0. The fourth-order valence-corrected chi connectivity index (χ4v) is 1.70. The zero-order chi connectivity index (χ0) is 12.3. The molecule has 1 atom stereocenters. The zero-order valence-electron chi connectivity index (χ0n) is 8.06. The second kappa shape index (κ2) is 5.14. The molecule has 0 aromatic heterocycles. The van der Waals surface area contributed by atoms with E-state index in [1.165, 1.54) is 12.1 Å². The lowest BCUT2D eigenvalue weighted by Crippen LogP contribution is -2.21. The molecule has 1 aromatic rings. The number of halogens is 5. The molecule has 1 aromatic carbocycles. The largest absolute Gasteiger partial charge is 0.392 e. The highest BCUT2D eigenvalue weighted by Gasteiger charge is 2.31. The number of alkyl halides is 3. The molecule has 0 aliphatic rings. The van der Waals surface area contributed by atoms with Crippen molar-refractivity contribution in [3.8, 4) is 0 Å². The van der Waals surface area contributed by atoms with Crippen molar-refractivity contribution >= 4 is 15.9 Å². The molecule has 0 saturated carbocycles. The SMILES string of the molecule is OC(Cc1cc(Br)ccc1F)CC(F)(F)F. The summed E-state index contributed by atoms with van der Waals surface area (Å²) >= 11 is 3.08. The fourth-order valence-electron chi connectivity index (χ4n) is 1.29. The third kappa shape index (κ3) is 4.49. The van der Waals surface area contributed by atoms with Crippen LogP contribution in [0.3, 0.4) is 0 Å². The van der Waals surface area contributed by atoms with Crippen LogP contribution in [-0.4, -0.2) is 17.4 Å². The van der Waals surface area contributed by atoms with Gasteiger partial charge in [-0.1, -0.05) is 15.9 Å². The van der Waals surface area contributed by atoms with Crippen LogP contribution in [-0.2, 0) is 6.42 Å². The Balaban J connectivity index is 2.69. The van der Waals surface area contributed by atoms with Crippen LogP contribution in [0.5, 0.6) is 0 Å². The predicted molar refractivity (Wildman–Crippen MR) is 54.5 cm³/mol. The van der Waals surface area contributed by atoms with E-state index in [1.54, 1.807) is 0 Å². The number of rotatable bonds is 3. The Labute approximate surface area is 98.2 Å². The summed E-state index contributed by atoms with van der Waals surface area (Å²) in [6.45, 7) is 0. The molecule has 0 heterocycles. The topological polar surface area (TPSA) is 20.2 Å². The van der Waals surface area contributed by atoms with Crippen molar-refractivity contribution in [1.82, 2.24) is 0 Å². The van der Waals surface area contributed by atoms with Gasteiger partial charge < -0.3 is 5.11 Å². The van der Waals surface area contributed by atoms with E-state index in [4.69, 9.17) is 5.11 Å². The molecule has 1 unspecified atom stereocenters. The summed E-state index contributed by atoms with van der Waals surface area (Å²) in [6.07, 6.45) is -7.75. The molecule has 0 spiro atoms. The first kappa shape index (κ1) is 13.4. The fraction of sp³-hybridized carbons (Fsp3) is 0.400. The summed E-state index contributed by atoms with van der Waals surface area (Å²) in [5.74, 6) is -0.621. The lowest BCUT2D eigenvalue weighted by molar-refractivity contribution is -0.153. The Kier molecular flexibility index (Phi) is 4.32. The first-order chi connectivity index (χ1) is 7.28. The van der Waals surface area contributed by atoms with E-state index in [9.17, 15) is 17.6 Å². The molecule has 0 bridgehead atoms. The minimum atomic E-state index is -4.44. The summed E-state index contributed by atoms with van der Waals surface area (Å²) in [5.41, 5.74) is 0.0612. The molecule has 90 valence electrons. The van der Waals surface area contributed by atoms with Gasteiger partial charge in [-0.25, -0.2) is 4.39 Å². The van der Waals surface area contributed by atoms with Gasteiger partial charge in [0.25, 0.3) is 0 Å². The Morgan fingerprint density at radius 1 is 1.31 bits per heavy atom. The summed E-state index contributed by atoms with van der Waals surface area (Å²) < 4.78 is 49.5. The second-order valence-corrected chi connectivity index (χ2v) is 4.33. The van der Waals surface area contributed by atoms with Crippen LogP contribution in [0.25, 0.3) is 0 Å². The number of aliphatic hydroxyl groups excluding tert-OH is 1. The quantitative estimate of drug-likeness (QED) is 0.848. The number of benzene rings is 1. The van der Waals surface area contributed by atoms with Gasteiger partial charge in [0.05, 0.1) is 12.5 Å². The molecule has 0 saturated heterocycles. The molecule has 0 fully saturated rings. The van der Waals surface area contributed by atoms with Crippen LogP contribution in [0.2, 0.25) is 0 Å². The summed E-state index contributed by atoms with van der Waals surface area (Å²) in [6, 6.07) is 3.93. The van der Waals surface area contributed by atoms with Crippen LogP contribution < -0.4 is 0 Å². The lowest BCUT2D eigenvalue weighted by Gasteiger charge is -2.13. The Morgan fingerprint density at radius 2 is 1.94 bits per heavy atom. The molecule has 1 nitrogen and oxygen atoms in total. The number of aliphatic hydroxyl groups is 1. The van der Waals surface area contributed by atoms with Gasteiger partial charge in [-0.05, 0) is 23.8 Å². The van der Waals surface area contributed by atoms with Crippen LogP contribution in [0.4, 0.5) is 17.6 Å². The maximum Gasteiger partial charge on any atom is 0.391 e. The third-order valence-electron chi connectivity index (χ3n) is 1.93. The van der Waals surface area contributed by atoms with E-state index in [-0.39, 0.29) is 12.0 Å². The Hall–Kier alpha value is -0.620. The monoisotopic (exact) mass is 300 g/mol. The molecule has 0 aliphatic carbocycles. The highest BCUT2D eigenvalue weighted by molar-refractivity contribution is 9.10. The lowest BCUT2D eigenvalue weighted by atomic mass is 10.1. The smallest absolute Gasteiger partial charge is 0.391 e. The van der Waals surface area contributed by atoms with Gasteiger partial charge in [0, 0.05) is 10.9 Å². The van der Waals surface area contributed by atoms with Crippen molar-refractivity contribution in [2.45, 2.75) is 25.1 Å². The maximum atomic E-state index is 13.1. The average molecular weight is 301 g/mol. The van der Waals surface area contributed by atoms with Gasteiger partial charge in [-0.2, -0.15) is 13.2 Å². The first-order valence-electron chi connectivity index (χ1n) is 4.46. The van der Waals surface area contributed by atoms with E-state index >= 15 is 0 Å². The van der Waals surface area contributed by atoms with Crippen LogP contribution >= 0.6 is 15.9 Å². The van der Waals surface area contributed by atoms with Crippen molar-refractivity contribution < 1.29 is 22.7 Å². The number of hydrogen-bond donors (Lipinski definition) is 1. The van der Waals surface area contributed by atoms with Gasteiger partial charge in [0.15, 0.2) is 0 Å². The zero-order valence-corrected chi connectivity index (χ0v) is 9.65. The van der Waals surface area contributed by atoms with Crippen molar-refractivity contribution in [1.29, 1.82) is 0 Å². The highest BCUT2D eigenvalue weighted by atomic mass is 79.9. The van der Waals surface area contributed by atoms with Gasteiger partial charge in [-0.3, -0.25) is 0 Å². The Morgan fingerprint density at radius 3 is 2.50 bits per heavy atom. The van der Waals surface area contributed by atoms with Crippen LogP contribution in [0.1, 0.15) is 12.0 Å². The van der Waals surface area contributed by atoms with Crippen molar-refractivity contribution in [2.24, 2.45) is 0 Å². The van der Waals surface area contributed by atoms with Gasteiger partial charge in [0.1, 0.15) is 5.82 Å². The molecule has 0 radical (unpaired) electrons. The summed E-state index contributed by atoms with van der Waals surface area (Å²) in [5, 5.41) is 9.15. The standard InChI is InChI=1S/C10H9BrF4O/c11-7-1-2-9(12)6(3-7)4-8(16)5-10(13,14)15/h1-3,8,16H,4-5H2. The van der Waals surface area contributed by atoms with Crippen LogP contribution in [0.15, 0.2) is 22.7 Å². The van der Waals surface area contributed by atoms with E-state index in [0.717, 1.165) is 6.07 Å². The van der Waals surface area contributed by atoms with Crippen LogP contribution in [0, 0.1) is 5.82 Å². The predicted octanol–water partition coefficient (Wildman–Crippen LogP) is 3.44. The van der Waals surface area contributed by atoms with Gasteiger partial charge in [-0.15, -0.1) is 0 Å². The molecule has 1 N–H and O–H groups in total. The minimum absolute atomic E-state index is 0.0612. The average Bonchev–Trinajstić information content (AvgIpc) is 2.08. The maximum absolute atomic E-state index is 13.1. The second-order valence-electron chi connectivity index (χ2n) is 3.41. The molecule has 6 heteroatoms. The van der Waals surface area contributed by atoms with Crippen molar-refractivity contribution in [3.63, 3.8) is 0 Å². The van der Waals surface area contributed by atoms with Crippen molar-refractivity contribution in [2.75, 3.05) is 0 Å². The first-order valence-corrected chi connectivity index (χ1v) is 5.26. The highest BCUT2D eigenvalue weighted by Crippen LogP contribution is 2.24. The van der Waals surface area contributed by atoms with Gasteiger partial charge >= 0.3 is 6.18 Å². The third-order valence-corrected chi connectivity index (χ3v) is 2.42. The van der Waals surface area contributed by atoms with E-state index < -0.39 is 24.5 Å². The molecule has 16 heavy (non-hydrogen) atoms. The normalized spacial score (nSPS) is 13.9. The Bertz CT molecular complexity index is 364. The molecular weight excluding hydrogens is 292 g/mol. The molecular formula is C10H9BrF4O. The molecule has 1 rings (SSSR count). The molecule has 0 amide bonds. The minimum Gasteiger partial charge on any atom is -0.392 e. The van der Waals surface area contributed by atoms with E-state index in [1.807, 2.05) is 0 Å². The van der Waals surface area contributed by atoms with Gasteiger partial charge in [0.2, 0.25) is 0 Å². The van der Waals surface area contributed by atoms with E-state index in [2.05, 4.69) is 15.9 Å². The molecule has 0 aliphatic heterocycles. The van der Waals surface area contributed by atoms with Crippen molar-refractivity contribution in [3.05, 3.63) is 34.1 Å². The number of hydrogen-bond acceptors (Lipinski definition) is 1. The summed E-state index contributed by atoms with van der Waals surface area (Å²) in [7, 11) is 0.